The van der Waals surface area contributed by atoms with E-state index in [1.807, 2.05) is 24.3 Å². The van der Waals surface area contributed by atoms with Crippen molar-refractivity contribution in [3.8, 4) is 17.2 Å². The van der Waals surface area contributed by atoms with Crippen LogP contribution in [0.15, 0.2) is 60.4 Å². The zero-order valence-corrected chi connectivity index (χ0v) is 15.0. The van der Waals surface area contributed by atoms with Crippen LogP contribution in [-0.2, 0) is 14.4 Å². The highest BCUT2D eigenvalue weighted by atomic mass is 16.7. The van der Waals surface area contributed by atoms with Crippen molar-refractivity contribution in [3.63, 3.8) is 0 Å². The summed E-state index contributed by atoms with van der Waals surface area (Å²) in [5.41, 5.74) is 8.99. The molecule has 0 radical (unpaired) electrons. The summed E-state index contributed by atoms with van der Waals surface area (Å²) in [5, 5.41) is 15.5. The number of hydrogen-bond donors (Lipinski definition) is 3. The zero-order valence-electron chi connectivity index (χ0n) is 15.0. The van der Waals surface area contributed by atoms with Crippen molar-refractivity contribution in [2.45, 2.75) is 0 Å². The van der Waals surface area contributed by atoms with Crippen molar-refractivity contribution in [1.29, 1.82) is 5.26 Å². The van der Waals surface area contributed by atoms with Crippen molar-refractivity contribution in [3.05, 3.63) is 65.9 Å². The average Bonchev–Trinajstić information content (AvgIpc) is 3.22. The molecule has 142 valence electrons. The quantitative estimate of drug-likeness (QED) is 0.698. The Morgan fingerprint density at radius 2 is 1.75 bits per heavy atom. The van der Waals surface area contributed by atoms with Crippen LogP contribution >= 0.6 is 0 Å². The Hall–Kier alpha value is -3.67. The summed E-state index contributed by atoms with van der Waals surface area (Å²) < 4.78 is 0. The number of nitriles is 1. The smallest absolute Gasteiger partial charge is 0.252 e. The molecule has 0 bridgehead atoms. The lowest BCUT2D eigenvalue weighted by Gasteiger charge is -2.10. The van der Waals surface area contributed by atoms with Crippen LogP contribution in [0, 0.1) is 11.3 Å². The van der Waals surface area contributed by atoms with E-state index in [9.17, 15) is 9.59 Å². The highest BCUT2D eigenvalue weighted by Crippen LogP contribution is 2.21. The minimum atomic E-state index is -0.373. The molecule has 2 amide bonds. The normalized spacial score (nSPS) is 13.2. The van der Waals surface area contributed by atoms with E-state index in [4.69, 9.17) is 15.8 Å². The Morgan fingerprint density at radius 1 is 1.11 bits per heavy atom. The molecule has 0 aliphatic carbocycles. The summed E-state index contributed by atoms with van der Waals surface area (Å²) in [4.78, 5) is 29.1. The van der Waals surface area contributed by atoms with Crippen LogP contribution in [0.25, 0.3) is 11.1 Å². The van der Waals surface area contributed by atoms with Crippen molar-refractivity contribution < 1.29 is 14.4 Å². The maximum atomic E-state index is 12.0. The first-order valence-electron chi connectivity index (χ1n) is 8.58. The van der Waals surface area contributed by atoms with Crippen LogP contribution in [0.2, 0.25) is 0 Å². The van der Waals surface area contributed by atoms with Gasteiger partial charge < -0.3 is 21.2 Å². The fraction of sp³-hybridized carbons (Fsp3) is 0.150. The van der Waals surface area contributed by atoms with Gasteiger partial charge in [0.15, 0.2) is 0 Å². The summed E-state index contributed by atoms with van der Waals surface area (Å²) in [6.45, 7) is 0.295. The van der Waals surface area contributed by atoms with Crippen LogP contribution < -0.4 is 16.4 Å². The predicted molar refractivity (Wildman–Crippen MR) is 103 cm³/mol. The van der Waals surface area contributed by atoms with Gasteiger partial charge >= 0.3 is 0 Å². The van der Waals surface area contributed by atoms with Crippen molar-refractivity contribution in [2.75, 3.05) is 25.1 Å². The molecule has 8 nitrogen and oxygen atoms in total. The molecule has 0 atom stereocenters. The molecule has 1 aliphatic rings. The Bertz CT molecular complexity index is 930. The van der Waals surface area contributed by atoms with Crippen molar-refractivity contribution in [2.24, 2.45) is 5.73 Å². The van der Waals surface area contributed by atoms with E-state index in [0.29, 0.717) is 16.8 Å². The number of nitrogens with zero attached hydrogens (tertiary/aromatic N) is 2. The number of carbonyl (C=O) groups excluding carboxylic acids is 2. The third-order valence-electron chi connectivity index (χ3n) is 4.11. The van der Waals surface area contributed by atoms with E-state index >= 15 is 0 Å². The molecular weight excluding hydrogens is 358 g/mol. The van der Waals surface area contributed by atoms with Gasteiger partial charge in [-0.1, -0.05) is 24.3 Å². The van der Waals surface area contributed by atoms with Gasteiger partial charge in [-0.15, -0.1) is 5.06 Å². The molecule has 0 saturated heterocycles. The molecule has 3 rings (SSSR count). The van der Waals surface area contributed by atoms with Gasteiger partial charge in [0, 0.05) is 5.69 Å². The molecule has 2 aromatic carbocycles. The lowest BCUT2D eigenvalue weighted by atomic mass is 10.0. The molecule has 0 fully saturated rings. The highest BCUT2D eigenvalue weighted by Gasteiger charge is 2.20. The highest BCUT2D eigenvalue weighted by molar-refractivity contribution is 5.99. The second kappa shape index (κ2) is 8.81. The monoisotopic (exact) mass is 377 g/mol. The Morgan fingerprint density at radius 3 is 2.32 bits per heavy atom. The minimum Gasteiger partial charge on any atom is -0.412 e. The maximum Gasteiger partial charge on any atom is 0.252 e. The van der Waals surface area contributed by atoms with Gasteiger partial charge in [-0.05, 0) is 35.4 Å². The summed E-state index contributed by atoms with van der Waals surface area (Å²) in [5.74, 6) is -0.711. The molecule has 2 aromatic rings. The van der Waals surface area contributed by atoms with Crippen LogP contribution in [0.3, 0.4) is 0 Å². The summed E-state index contributed by atoms with van der Waals surface area (Å²) >= 11 is 0. The number of benzene rings is 2. The Balaban J connectivity index is 1.50. The standard InChI is InChI=1S/C20H19N5O3/c21-9-14-1-3-15(4-2-14)16-5-7-18(8-6-16)24-19(26)10-23-20(27)17-11-25(13-22)28-12-17/h1-8,12H,10-11,13,22H2,(H,23,27)(H,24,26). The van der Waals surface area contributed by atoms with Crippen LogP contribution in [-0.4, -0.2) is 36.6 Å². The maximum absolute atomic E-state index is 12.0. The molecular formula is C20H19N5O3. The lowest BCUT2D eigenvalue weighted by Crippen LogP contribution is -2.35. The predicted octanol–water partition coefficient (Wildman–Crippen LogP) is 1.33. The van der Waals surface area contributed by atoms with Crippen molar-refractivity contribution >= 4 is 17.5 Å². The van der Waals surface area contributed by atoms with Gasteiger partial charge in [0.1, 0.15) is 6.26 Å². The van der Waals surface area contributed by atoms with Gasteiger partial charge in [0.2, 0.25) is 5.91 Å². The van der Waals surface area contributed by atoms with E-state index in [1.165, 1.54) is 11.3 Å². The van der Waals surface area contributed by atoms with E-state index < -0.39 is 0 Å². The first-order chi connectivity index (χ1) is 13.6. The van der Waals surface area contributed by atoms with Crippen LogP contribution in [0.4, 0.5) is 5.69 Å². The molecule has 0 aromatic heterocycles. The summed E-state index contributed by atoms with van der Waals surface area (Å²) in [6, 6.07) is 16.6. The second-order valence-corrected chi connectivity index (χ2v) is 6.07. The number of hydroxylamine groups is 2. The fourth-order valence-electron chi connectivity index (χ4n) is 2.60. The lowest BCUT2D eigenvalue weighted by molar-refractivity contribution is -0.121. The number of nitrogens with one attached hydrogen (secondary N) is 2. The number of rotatable bonds is 6. The van der Waals surface area contributed by atoms with Gasteiger partial charge in [0.05, 0.1) is 37.0 Å². The summed E-state index contributed by atoms with van der Waals surface area (Å²) in [6.07, 6.45) is 1.32. The number of carbonyl (C=O) groups is 2. The Labute approximate surface area is 162 Å². The van der Waals surface area contributed by atoms with Gasteiger partial charge in [-0.25, -0.2) is 0 Å². The number of hydrogen-bond acceptors (Lipinski definition) is 6. The molecule has 0 spiro atoms. The van der Waals surface area contributed by atoms with E-state index in [-0.39, 0.29) is 31.6 Å². The molecule has 0 unspecified atom stereocenters. The number of nitrogens with two attached hydrogens (primary N) is 1. The van der Waals surface area contributed by atoms with E-state index in [0.717, 1.165) is 11.1 Å². The first-order valence-corrected chi connectivity index (χ1v) is 8.58. The molecule has 4 N–H and O–H groups in total. The summed E-state index contributed by atoms with van der Waals surface area (Å²) in [7, 11) is 0. The fourth-order valence-corrected chi connectivity index (χ4v) is 2.60. The third kappa shape index (κ3) is 4.73. The molecule has 1 heterocycles. The largest absolute Gasteiger partial charge is 0.412 e. The molecule has 28 heavy (non-hydrogen) atoms. The molecule has 8 heteroatoms. The van der Waals surface area contributed by atoms with Crippen LogP contribution in [0.5, 0.6) is 0 Å². The van der Waals surface area contributed by atoms with E-state index in [1.54, 1.807) is 24.3 Å². The number of anilines is 1. The molecule has 1 aliphatic heterocycles. The van der Waals surface area contributed by atoms with Crippen LogP contribution in [0.1, 0.15) is 5.56 Å². The minimum absolute atomic E-state index is 0.157. The SMILES string of the molecule is N#Cc1ccc(-c2ccc(NC(=O)CNC(=O)C3=CON(CN)C3)cc2)cc1. The zero-order chi connectivity index (χ0) is 19.9. The van der Waals surface area contributed by atoms with Gasteiger partial charge in [-0.2, -0.15) is 5.26 Å². The first kappa shape index (κ1) is 19.1. The third-order valence-corrected chi connectivity index (χ3v) is 4.11. The van der Waals surface area contributed by atoms with Gasteiger partial charge in [0.25, 0.3) is 5.91 Å². The Kier molecular flexibility index (Phi) is 6.01. The van der Waals surface area contributed by atoms with Gasteiger partial charge in [-0.3, -0.25) is 9.59 Å². The number of amides is 2. The molecule has 0 saturated carbocycles. The average molecular weight is 377 g/mol. The second-order valence-electron chi connectivity index (χ2n) is 6.07. The van der Waals surface area contributed by atoms with E-state index in [2.05, 4.69) is 16.7 Å². The topological polar surface area (TPSA) is 120 Å². The van der Waals surface area contributed by atoms with Crippen molar-refractivity contribution in [1.82, 2.24) is 10.4 Å².